The van der Waals surface area contributed by atoms with Gasteiger partial charge < -0.3 is 40.9 Å². The number of anilines is 1. The van der Waals surface area contributed by atoms with Crippen molar-refractivity contribution in [2.24, 2.45) is 10.9 Å². The molecule has 0 aliphatic heterocycles. The van der Waals surface area contributed by atoms with E-state index in [0.717, 1.165) is 5.56 Å². The standard InChI is InChI=1S/C27H30N4O7/c1-16(27(33)34)38-21-14-23(37-3)22(36-2)13-20(21)24(26(32)29-15-17-7-5-4-6-8-17)30-19-11-9-18(10-12-19)25(28)31-35/h4-14,16,24,30,35H,15H2,1-3H3,(H2,28,31)(H,29,32)(H,33,34)/t16-,24?/m0/s1. The molecule has 0 saturated carbocycles. The molecule has 0 saturated heterocycles. The summed E-state index contributed by atoms with van der Waals surface area (Å²) in [5, 5.41) is 27.4. The van der Waals surface area contributed by atoms with Crippen molar-refractivity contribution in [3.63, 3.8) is 0 Å². The lowest BCUT2D eigenvalue weighted by Gasteiger charge is -2.25. The minimum Gasteiger partial charge on any atom is -0.493 e. The van der Waals surface area contributed by atoms with E-state index in [1.807, 2.05) is 30.3 Å². The fraction of sp³-hybridized carbons (Fsp3) is 0.222. The zero-order valence-corrected chi connectivity index (χ0v) is 21.2. The van der Waals surface area contributed by atoms with Crippen molar-refractivity contribution in [3.05, 3.63) is 83.4 Å². The number of hydrogen-bond donors (Lipinski definition) is 5. The number of ether oxygens (including phenoxy) is 3. The molecular weight excluding hydrogens is 492 g/mol. The number of benzene rings is 3. The maximum absolute atomic E-state index is 13.6. The van der Waals surface area contributed by atoms with Crippen molar-refractivity contribution in [2.75, 3.05) is 19.5 Å². The van der Waals surface area contributed by atoms with E-state index in [1.165, 1.54) is 27.2 Å². The van der Waals surface area contributed by atoms with Crippen molar-refractivity contribution >= 4 is 23.4 Å². The molecule has 0 aliphatic carbocycles. The lowest BCUT2D eigenvalue weighted by atomic mass is 10.0. The second kappa shape index (κ2) is 12.9. The van der Waals surface area contributed by atoms with Crippen LogP contribution in [0.3, 0.4) is 0 Å². The van der Waals surface area contributed by atoms with Crippen LogP contribution < -0.4 is 30.6 Å². The van der Waals surface area contributed by atoms with E-state index in [4.69, 9.17) is 25.2 Å². The molecule has 0 radical (unpaired) electrons. The summed E-state index contributed by atoms with van der Waals surface area (Å²) in [4.78, 5) is 25.1. The van der Waals surface area contributed by atoms with Crippen molar-refractivity contribution in [1.29, 1.82) is 0 Å². The Morgan fingerprint density at radius 3 is 2.18 bits per heavy atom. The van der Waals surface area contributed by atoms with Crippen molar-refractivity contribution in [2.45, 2.75) is 25.6 Å². The number of hydrogen-bond acceptors (Lipinski definition) is 8. The maximum atomic E-state index is 13.6. The first-order chi connectivity index (χ1) is 18.3. The average molecular weight is 523 g/mol. The summed E-state index contributed by atoms with van der Waals surface area (Å²) >= 11 is 0. The molecule has 1 unspecified atom stereocenters. The maximum Gasteiger partial charge on any atom is 0.344 e. The Morgan fingerprint density at radius 1 is 0.974 bits per heavy atom. The highest BCUT2D eigenvalue weighted by Gasteiger charge is 2.28. The Labute approximate surface area is 219 Å². The van der Waals surface area contributed by atoms with E-state index in [1.54, 1.807) is 30.3 Å². The molecule has 38 heavy (non-hydrogen) atoms. The molecule has 11 heteroatoms. The zero-order chi connectivity index (χ0) is 27.7. The number of carboxylic acids is 1. The van der Waals surface area contributed by atoms with E-state index < -0.39 is 24.0 Å². The first kappa shape index (κ1) is 27.7. The van der Waals surface area contributed by atoms with Gasteiger partial charge >= 0.3 is 5.97 Å². The number of amidine groups is 1. The normalized spacial score (nSPS) is 12.7. The van der Waals surface area contributed by atoms with Gasteiger partial charge in [0.25, 0.3) is 0 Å². The summed E-state index contributed by atoms with van der Waals surface area (Å²) in [6.07, 6.45) is -1.21. The number of aliphatic carboxylic acids is 1. The van der Waals surface area contributed by atoms with E-state index in [2.05, 4.69) is 15.8 Å². The number of carbonyl (C=O) groups is 2. The predicted molar refractivity (Wildman–Crippen MR) is 141 cm³/mol. The molecule has 0 bridgehead atoms. The lowest BCUT2D eigenvalue weighted by Crippen LogP contribution is -2.34. The van der Waals surface area contributed by atoms with Crippen LogP contribution in [0.4, 0.5) is 5.69 Å². The molecule has 0 fully saturated rings. The SMILES string of the molecule is COc1cc(O[C@@H](C)C(=O)O)c(C(Nc2ccc(C(N)=NO)cc2)C(=O)NCc2ccccc2)cc1OC. The quantitative estimate of drug-likeness (QED) is 0.104. The third-order valence-corrected chi connectivity index (χ3v) is 5.65. The number of oxime groups is 1. The number of rotatable bonds is 12. The van der Waals surface area contributed by atoms with E-state index in [-0.39, 0.29) is 18.1 Å². The number of methoxy groups -OCH3 is 2. The van der Waals surface area contributed by atoms with Gasteiger partial charge in [0, 0.05) is 29.4 Å². The third-order valence-electron chi connectivity index (χ3n) is 5.65. The molecule has 3 aromatic rings. The monoisotopic (exact) mass is 522 g/mol. The number of nitrogens with two attached hydrogens (primary N) is 1. The van der Waals surface area contributed by atoms with Crippen LogP contribution in [0.5, 0.6) is 17.2 Å². The first-order valence-electron chi connectivity index (χ1n) is 11.6. The Bertz CT molecular complexity index is 1280. The topological polar surface area (TPSA) is 165 Å². The minimum atomic E-state index is -1.21. The van der Waals surface area contributed by atoms with Crippen LogP contribution in [-0.4, -0.2) is 48.3 Å². The molecule has 1 amide bonds. The van der Waals surface area contributed by atoms with Gasteiger partial charge in [-0.3, -0.25) is 4.79 Å². The smallest absolute Gasteiger partial charge is 0.344 e. The Morgan fingerprint density at radius 2 is 1.61 bits per heavy atom. The number of carboxylic acid groups (broad SMARTS) is 1. The van der Waals surface area contributed by atoms with Crippen molar-refractivity contribution < 1.29 is 34.1 Å². The minimum absolute atomic E-state index is 0.0630. The van der Waals surface area contributed by atoms with Gasteiger partial charge in [-0.2, -0.15) is 0 Å². The molecule has 0 aliphatic rings. The summed E-state index contributed by atoms with van der Waals surface area (Å²) in [5.74, 6) is -0.903. The van der Waals surface area contributed by atoms with Crippen LogP contribution in [0.25, 0.3) is 0 Å². The van der Waals surface area contributed by atoms with Crippen LogP contribution in [-0.2, 0) is 16.1 Å². The highest BCUT2D eigenvalue weighted by Crippen LogP contribution is 2.39. The van der Waals surface area contributed by atoms with Gasteiger partial charge in [-0.1, -0.05) is 35.5 Å². The van der Waals surface area contributed by atoms with Crippen LogP contribution in [0.1, 0.15) is 29.7 Å². The fourth-order valence-corrected chi connectivity index (χ4v) is 3.58. The van der Waals surface area contributed by atoms with Gasteiger partial charge in [-0.25, -0.2) is 4.79 Å². The van der Waals surface area contributed by atoms with Crippen LogP contribution in [0, 0.1) is 0 Å². The van der Waals surface area contributed by atoms with Gasteiger partial charge in [0.05, 0.1) is 14.2 Å². The summed E-state index contributed by atoms with van der Waals surface area (Å²) in [6.45, 7) is 1.64. The Hall–Kier alpha value is -4.93. The van der Waals surface area contributed by atoms with Crippen LogP contribution >= 0.6 is 0 Å². The van der Waals surface area contributed by atoms with Crippen LogP contribution in [0.2, 0.25) is 0 Å². The summed E-state index contributed by atoms with van der Waals surface area (Å²) in [6, 6.07) is 17.9. The summed E-state index contributed by atoms with van der Waals surface area (Å²) < 4.78 is 16.5. The molecular formula is C27H30N4O7. The Balaban J connectivity index is 2.05. The number of carbonyl (C=O) groups excluding carboxylic acids is 1. The van der Waals surface area contributed by atoms with Gasteiger partial charge in [-0.05, 0) is 42.8 Å². The summed E-state index contributed by atoms with van der Waals surface area (Å²) in [7, 11) is 2.89. The molecule has 6 N–H and O–H groups in total. The Kier molecular flexibility index (Phi) is 9.36. The molecule has 2 atom stereocenters. The second-order valence-electron chi connectivity index (χ2n) is 8.19. The molecule has 0 aromatic heterocycles. The summed E-state index contributed by atoms with van der Waals surface area (Å²) in [5.41, 5.74) is 7.88. The van der Waals surface area contributed by atoms with Gasteiger partial charge in [0.2, 0.25) is 5.91 Å². The molecule has 3 rings (SSSR count). The van der Waals surface area contributed by atoms with E-state index >= 15 is 0 Å². The predicted octanol–water partition coefficient (Wildman–Crippen LogP) is 3.12. The van der Waals surface area contributed by atoms with Gasteiger partial charge in [0.1, 0.15) is 11.8 Å². The molecule has 0 heterocycles. The molecule has 200 valence electrons. The van der Waals surface area contributed by atoms with E-state index in [9.17, 15) is 14.7 Å². The first-order valence-corrected chi connectivity index (χ1v) is 11.6. The number of amides is 1. The van der Waals surface area contributed by atoms with Gasteiger partial charge in [-0.15, -0.1) is 0 Å². The van der Waals surface area contributed by atoms with Crippen molar-refractivity contribution in [1.82, 2.24) is 5.32 Å². The molecule has 0 spiro atoms. The largest absolute Gasteiger partial charge is 0.493 e. The zero-order valence-electron chi connectivity index (χ0n) is 21.2. The number of nitrogens with one attached hydrogen (secondary N) is 2. The van der Waals surface area contributed by atoms with E-state index in [0.29, 0.717) is 28.3 Å². The molecule has 3 aromatic carbocycles. The molecule has 11 nitrogen and oxygen atoms in total. The van der Waals surface area contributed by atoms with Gasteiger partial charge in [0.15, 0.2) is 23.4 Å². The van der Waals surface area contributed by atoms with Crippen molar-refractivity contribution in [3.8, 4) is 17.2 Å². The number of nitrogens with zero attached hydrogens (tertiary/aromatic N) is 1. The average Bonchev–Trinajstić information content (AvgIpc) is 2.94. The lowest BCUT2D eigenvalue weighted by molar-refractivity contribution is -0.144. The highest BCUT2D eigenvalue weighted by atomic mass is 16.5. The fourth-order valence-electron chi connectivity index (χ4n) is 3.58. The third kappa shape index (κ3) is 6.84. The second-order valence-corrected chi connectivity index (χ2v) is 8.19. The highest BCUT2D eigenvalue weighted by molar-refractivity contribution is 5.97. The van der Waals surface area contributed by atoms with Crippen LogP contribution in [0.15, 0.2) is 71.9 Å².